The highest BCUT2D eigenvalue weighted by Gasteiger charge is 2.26. The SMILES string of the molecule is COCCNC(=NCC(=O)N(C)C)NC1CCN(CC2CCCC2)C1.I. The van der Waals surface area contributed by atoms with Gasteiger partial charge in [-0.2, -0.15) is 0 Å². The second kappa shape index (κ2) is 12.7. The van der Waals surface area contributed by atoms with Gasteiger partial charge in [0.2, 0.25) is 5.91 Å². The van der Waals surface area contributed by atoms with Crippen molar-refractivity contribution in [2.24, 2.45) is 10.9 Å². The molecule has 0 radical (unpaired) electrons. The number of ether oxygens (including phenoxy) is 1. The Morgan fingerprint density at radius 1 is 1.27 bits per heavy atom. The van der Waals surface area contributed by atoms with Crippen LogP contribution >= 0.6 is 24.0 Å². The first-order valence-corrected chi connectivity index (χ1v) is 9.54. The van der Waals surface area contributed by atoms with Crippen LogP contribution in [-0.2, 0) is 9.53 Å². The number of nitrogens with one attached hydrogen (secondary N) is 2. The summed E-state index contributed by atoms with van der Waals surface area (Å²) in [4.78, 5) is 20.4. The molecule has 0 aromatic rings. The molecular formula is C18H36IN5O2. The highest BCUT2D eigenvalue weighted by Crippen LogP contribution is 2.26. The Bertz CT molecular complexity index is 441. The molecule has 1 unspecified atom stereocenters. The van der Waals surface area contributed by atoms with E-state index in [2.05, 4.69) is 20.5 Å². The first-order chi connectivity index (χ1) is 12.1. The van der Waals surface area contributed by atoms with E-state index in [4.69, 9.17) is 4.74 Å². The van der Waals surface area contributed by atoms with E-state index in [0.29, 0.717) is 25.2 Å². The highest BCUT2D eigenvalue weighted by atomic mass is 127. The second-order valence-electron chi connectivity index (χ2n) is 7.41. The van der Waals surface area contributed by atoms with Crippen molar-refractivity contribution in [1.29, 1.82) is 0 Å². The van der Waals surface area contributed by atoms with Crippen molar-refractivity contribution in [2.45, 2.75) is 38.1 Å². The van der Waals surface area contributed by atoms with Crippen LogP contribution in [0.3, 0.4) is 0 Å². The second-order valence-corrected chi connectivity index (χ2v) is 7.41. The van der Waals surface area contributed by atoms with Gasteiger partial charge in [0.15, 0.2) is 5.96 Å². The number of likely N-dealkylation sites (tertiary alicyclic amines) is 1. The minimum absolute atomic E-state index is 0. The molecule has 2 aliphatic rings. The molecule has 1 aliphatic carbocycles. The molecule has 1 aliphatic heterocycles. The molecule has 0 aromatic carbocycles. The molecular weight excluding hydrogens is 445 g/mol. The third-order valence-electron chi connectivity index (χ3n) is 5.07. The molecule has 2 rings (SSSR count). The number of halogens is 1. The zero-order chi connectivity index (χ0) is 18.1. The summed E-state index contributed by atoms with van der Waals surface area (Å²) in [5, 5.41) is 6.75. The average Bonchev–Trinajstić information content (AvgIpc) is 3.24. The van der Waals surface area contributed by atoms with Crippen LogP contribution in [0, 0.1) is 5.92 Å². The number of aliphatic imine (C=N–C) groups is 1. The molecule has 26 heavy (non-hydrogen) atoms. The fourth-order valence-electron chi connectivity index (χ4n) is 3.58. The summed E-state index contributed by atoms with van der Waals surface area (Å²) in [6.07, 6.45) is 6.72. The fraction of sp³-hybridized carbons (Fsp3) is 0.889. The smallest absolute Gasteiger partial charge is 0.243 e. The quantitative estimate of drug-likeness (QED) is 0.236. The summed E-state index contributed by atoms with van der Waals surface area (Å²) in [5.74, 6) is 1.60. The van der Waals surface area contributed by atoms with Crippen LogP contribution in [-0.4, -0.2) is 88.2 Å². The van der Waals surface area contributed by atoms with Crippen LogP contribution in [0.15, 0.2) is 4.99 Å². The summed E-state index contributed by atoms with van der Waals surface area (Å²) in [6, 6.07) is 0.393. The number of hydrogen-bond donors (Lipinski definition) is 2. The van der Waals surface area contributed by atoms with Crippen molar-refractivity contribution in [1.82, 2.24) is 20.4 Å². The predicted octanol–water partition coefficient (Wildman–Crippen LogP) is 1.14. The summed E-state index contributed by atoms with van der Waals surface area (Å²) in [6.45, 7) is 4.89. The van der Waals surface area contributed by atoms with Gasteiger partial charge < -0.3 is 25.2 Å². The van der Waals surface area contributed by atoms with Gasteiger partial charge in [0.1, 0.15) is 6.54 Å². The van der Waals surface area contributed by atoms with Crippen LogP contribution in [0.5, 0.6) is 0 Å². The lowest BCUT2D eigenvalue weighted by Crippen LogP contribution is -2.46. The molecule has 0 spiro atoms. The number of hydrogen-bond acceptors (Lipinski definition) is 4. The molecule has 2 N–H and O–H groups in total. The van der Waals surface area contributed by atoms with Gasteiger partial charge in [-0.15, -0.1) is 24.0 Å². The zero-order valence-electron chi connectivity index (χ0n) is 16.5. The molecule has 1 saturated heterocycles. The largest absolute Gasteiger partial charge is 0.383 e. The van der Waals surface area contributed by atoms with Crippen LogP contribution in [0.25, 0.3) is 0 Å². The van der Waals surface area contributed by atoms with Crippen LogP contribution in [0.4, 0.5) is 0 Å². The van der Waals surface area contributed by atoms with E-state index in [0.717, 1.165) is 25.4 Å². The van der Waals surface area contributed by atoms with Gasteiger partial charge in [-0.1, -0.05) is 12.8 Å². The lowest BCUT2D eigenvalue weighted by Gasteiger charge is -2.21. The van der Waals surface area contributed by atoms with E-state index < -0.39 is 0 Å². The highest BCUT2D eigenvalue weighted by molar-refractivity contribution is 14.0. The maximum atomic E-state index is 11.8. The van der Waals surface area contributed by atoms with Crippen molar-refractivity contribution >= 4 is 35.8 Å². The maximum Gasteiger partial charge on any atom is 0.243 e. The van der Waals surface area contributed by atoms with E-state index in [9.17, 15) is 4.79 Å². The monoisotopic (exact) mass is 481 g/mol. The van der Waals surface area contributed by atoms with E-state index in [1.54, 1.807) is 26.1 Å². The van der Waals surface area contributed by atoms with E-state index >= 15 is 0 Å². The molecule has 2 fully saturated rings. The third kappa shape index (κ3) is 8.39. The fourth-order valence-corrected chi connectivity index (χ4v) is 3.58. The first kappa shape index (κ1) is 23.4. The van der Waals surface area contributed by atoms with E-state index in [1.165, 1.54) is 32.2 Å². The van der Waals surface area contributed by atoms with Gasteiger partial charge >= 0.3 is 0 Å². The standard InChI is InChI=1S/C18H35N5O2.HI/c1-22(2)17(24)12-20-18(19-9-11-25-3)21-16-8-10-23(14-16)13-15-6-4-5-7-15;/h15-16H,4-14H2,1-3H3,(H2,19,20,21);1H. The number of carbonyl (C=O) groups is 1. The third-order valence-corrected chi connectivity index (χ3v) is 5.07. The zero-order valence-corrected chi connectivity index (χ0v) is 18.8. The number of guanidine groups is 1. The van der Waals surface area contributed by atoms with Crippen LogP contribution in [0.1, 0.15) is 32.1 Å². The van der Waals surface area contributed by atoms with E-state index in [1.807, 2.05) is 0 Å². The molecule has 1 saturated carbocycles. The Morgan fingerprint density at radius 2 is 2.00 bits per heavy atom. The minimum Gasteiger partial charge on any atom is -0.383 e. The number of likely N-dealkylation sites (N-methyl/N-ethyl adjacent to an activating group) is 1. The van der Waals surface area contributed by atoms with Crippen LogP contribution < -0.4 is 10.6 Å². The molecule has 7 nitrogen and oxygen atoms in total. The summed E-state index contributed by atoms with van der Waals surface area (Å²) in [5.41, 5.74) is 0. The molecule has 152 valence electrons. The average molecular weight is 481 g/mol. The number of rotatable bonds is 8. The Hall–Kier alpha value is -0.610. The molecule has 0 bridgehead atoms. The van der Waals surface area contributed by atoms with Gasteiger partial charge in [-0.05, 0) is 25.2 Å². The van der Waals surface area contributed by atoms with Gasteiger partial charge in [-0.25, -0.2) is 4.99 Å². The summed E-state index contributed by atoms with van der Waals surface area (Å²) in [7, 11) is 5.18. The number of amides is 1. The van der Waals surface area contributed by atoms with E-state index in [-0.39, 0.29) is 36.4 Å². The normalized spacial score (nSPS) is 21.5. The molecule has 1 atom stereocenters. The predicted molar refractivity (Wildman–Crippen MR) is 116 cm³/mol. The lowest BCUT2D eigenvalue weighted by molar-refractivity contribution is -0.127. The van der Waals surface area contributed by atoms with Crippen molar-refractivity contribution in [3.63, 3.8) is 0 Å². The van der Waals surface area contributed by atoms with Gasteiger partial charge in [0.25, 0.3) is 0 Å². The van der Waals surface area contributed by atoms with Crippen LogP contribution in [0.2, 0.25) is 0 Å². The molecule has 8 heteroatoms. The Balaban J connectivity index is 0.00000338. The molecule has 0 aromatic heterocycles. The topological polar surface area (TPSA) is 69.2 Å². The molecule has 1 heterocycles. The van der Waals surface area contributed by atoms with Gasteiger partial charge in [0.05, 0.1) is 6.61 Å². The van der Waals surface area contributed by atoms with Crippen molar-refractivity contribution in [3.05, 3.63) is 0 Å². The number of nitrogens with zero attached hydrogens (tertiary/aromatic N) is 3. The van der Waals surface area contributed by atoms with Crippen molar-refractivity contribution in [2.75, 3.05) is 60.5 Å². The van der Waals surface area contributed by atoms with Gasteiger partial charge in [0, 0.05) is 53.4 Å². The Labute approximate surface area is 175 Å². The summed E-state index contributed by atoms with van der Waals surface area (Å²) >= 11 is 0. The summed E-state index contributed by atoms with van der Waals surface area (Å²) < 4.78 is 5.09. The van der Waals surface area contributed by atoms with Gasteiger partial charge in [-0.3, -0.25) is 4.79 Å². The Morgan fingerprint density at radius 3 is 2.65 bits per heavy atom. The number of carbonyl (C=O) groups excluding carboxylic acids is 1. The van der Waals surface area contributed by atoms with Crippen molar-refractivity contribution < 1.29 is 9.53 Å². The maximum absolute atomic E-state index is 11.8. The first-order valence-electron chi connectivity index (χ1n) is 9.54. The Kier molecular flexibility index (Phi) is 11.5. The van der Waals surface area contributed by atoms with Crippen molar-refractivity contribution in [3.8, 4) is 0 Å². The lowest BCUT2D eigenvalue weighted by atomic mass is 10.1. The molecule has 1 amide bonds. The minimum atomic E-state index is 0. The number of methoxy groups -OCH3 is 1.